The molecule has 1 aliphatic carbocycles. The Morgan fingerprint density at radius 2 is 2.18 bits per heavy atom. The third-order valence-electron chi connectivity index (χ3n) is 3.52. The van der Waals surface area contributed by atoms with Gasteiger partial charge in [-0.05, 0) is 49.4 Å². The molecular formula is C13H14BrN3. The second-order valence-corrected chi connectivity index (χ2v) is 5.33. The number of rotatable bonds is 1. The summed E-state index contributed by atoms with van der Waals surface area (Å²) in [6.07, 6.45) is 3.31. The summed E-state index contributed by atoms with van der Waals surface area (Å²) >= 11 is 3.55. The van der Waals surface area contributed by atoms with Crippen LogP contribution in [0.4, 0.5) is 5.69 Å². The molecule has 0 fully saturated rings. The van der Waals surface area contributed by atoms with Gasteiger partial charge in [0.25, 0.3) is 0 Å². The number of hydrogen-bond donors (Lipinski definition) is 2. The number of nitrogen functional groups attached to an aromatic ring is 1. The molecule has 0 atom stereocenters. The standard InChI is InChI=1S/C13H14BrN3/c1-7-10(14)6-5-9-12(7)16-11-4-2-3-8(11)13(9)17-15/h5-6H,2-4,15H2,1H3,(H,16,17). The highest BCUT2D eigenvalue weighted by molar-refractivity contribution is 9.10. The zero-order chi connectivity index (χ0) is 12.0. The molecule has 1 heterocycles. The summed E-state index contributed by atoms with van der Waals surface area (Å²) in [4.78, 5) is 4.80. The number of nitrogens with one attached hydrogen (secondary N) is 1. The van der Waals surface area contributed by atoms with Crippen LogP contribution in [-0.4, -0.2) is 4.98 Å². The molecule has 0 unspecified atom stereocenters. The number of nitrogens with two attached hydrogens (primary N) is 1. The number of aromatic nitrogens is 1. The summed E-state index contributed by atoms with van der Waals surface area (Å²) in [5.74, 6) is 5.69. The van der Waals surface area contributed by atoms with Gasteiger partial charge in [0.05, 0.1) is 11.2 Å². The molecule has 0 radical (unpaired) electrons. The number of fused-ring (bicyclic) bond motifs is 2. The highest BCUT2D eigenvalue weighted by Crippen LogP contribution is 2.36. The summed E-state index contributed by atoms with van der Waals surface area (Å²) in [5.41, 5.74) is 8.63. The average Bonchev–Trinajstić information content (AvgIpc) is 2.79. The maximum Gasteiger partial charge on any atom is 0.0767 e. The molecule has 1 aromatic heterocycles. The van der Waals surface area contributed by atoms with Crippen LogP contribution in [0.15, 0.2) is 16.6 Å². The van der Waals surface area contributed by atoms with Gasteiger partial charge in [-0.3, -0.25) is 10.8 Å². The first-order valence-electron chi connectivity index (χ1n) is 5.79. The third-order valence-corrected chi connectivity index (χ3v) is 4.37. The van der Waals surface area contributed by atoms with E-state index in [4.69, 9.17) is 10.8 Å². The van der Waals surface area contributed by atoms with Gasteiger partial charge in [-0.25, -0.2) is 0 Å². The van der Waals surface area contributed by atoms with Crippen LogP contribution in [0.1, 0.15) is 23.2 Å². The minimum absolute atomic E-state index is 1.05. The van der Waals surface area contributed by atoms with Gasteiger partial charge in [-0.2, -0.15) is 0 Å². The SMILES string of the molecule is Cc1c(Br)ccc2c(NN)c3c(nc12)CCC3. The summed E-state index contributed by atoms with van der Waals surface area (Å²) in [7, 11) is 0. The van der Waals surface area contributed by atoms with E-state index in [-0.39, 0.29) is 0 Å². The Bertz CT molecular complexity index is 607. The zero-order valence-electron chi connectivity index (χ0n) is 9.68. The molecule has 0 amide bonds. The highest BCUT2D eigenvalue weighted by atomic mass is 79.9. The minimum Gasteiger partial charge on any atom is -0.323 e. The molecule has 2 aromatic rings. The average molecular weight is 292 g/mol. The van der Waals surface area contributed by atoms with Gasteiger partial charge < -0.3 is 5.43 Å². The number of hydrogen-bond acceptors (Lipinski definition) is 3. The fourth-order valence-corrected chi connectivity index (χ4v) is 2.92. The molecule has 4 heteroatoms. The molecule has 88 valence electrons. The Hall–Kier alpha value is -1.13. The number of halogens is 1. The van der Waals surface area contributed by atoms with Crippen molar-refractivity contribution in [3.8, 4) is 0 Å². The maximum absolute atomic E-state index is 5.69. The minimum atomic E-state index is 1.05. The second-order valence-electron chi connectivity index (χ2n) is 4.48. The van der Waals surface area contributed by atoms with E-state index in [1.165, 1.54) is 23.2 Å². The van der Waals surface area contributed by atoms with Crippen LogP contribution in [0.3, 0.4) is 0 Å². The fraction of sp³-hybridized carbons (Fsp3) is 0.308. The third kappa shape index (κ3) is 1.55. The molecular weight excluding hydrogens is 278 g/mol. The molecule has 1 aromatic carbocycles. The van der Waals surface area contributed by atoms with Gasteiger partial charge in [-0.1, -0.05) is 15.9 Å². The molecule has 1 aliphatic rings. The summed E-state index contributed by atoms with van der Waals surface area (Å²) in [5, 5.41) is 1.12. The Balaban J connectivity index is 2.44. The molecule has 3 N–H and O–H groups in total. The molecule has 0 aliphatic heterocycles. The summed E-state index contributed by atoms with van der Waals surface area (Å²) in [6.45, 7) is 2.08. The quantitative estimate of drug-likeness (QED) is 0.627. The lowest BCUT2D eigenvalue weighted by molar-refractivity contribution is 0.901. The zero-order valence-corrected chi connectivity index (χ0v) is 11.3. The van der Waals surface area contributed by atoms with Crippen LogP contribution in [-0.2, 0) is 12.8 Å². The van der Waals surface area contributed by atoms with Crippen molar-refractivity contribution < 1.29 is 0 Å². The summed E-state index contributed by atoms with van der Waals surface area (Å²) in [6, 6.07) is 4.13. The normalized spacial score (nSPS) is 14.1. The number of hydrazine groups is 1. The molecule has 3 nitrogen and oxygen atoms in total. The van der Waals surface area contributed by atoms with Crippen LogP contribution >= 0.6 is 15.9 Å². The number of anilines is 1. The van der Waals surface area contributed by atoms with E-state index in [1.54, 1.807) is 0 Å². The Morgan fingerprint density at radius 1 is 1.35 bits per heavy atom. The smallest absolute Gasteiger partial charge is 0.0767 e. The number of benzene rings is 1. The largest absolute Gasteiger partial charge is 0.323 e. The second kappa shape index (κ2) is 3.96. The molecule has 3 rings (SSSR count). The van der Waals surface area contributed by atoms with E-state index < -0.39 is 0 Å². The van der Waals surface area contributed by atoms with Crippen molar-refractivity contribution in [2.45, 2.75) is 26.2 Å². The van der Waals surface area contributed by atoms with Crippen molar-refractivity contribution in [2.75, 3.05) is 5.43 Å². The van der Waals surface area contributed by atoms with Crippen molar-refractivity contribution in [1.29, 1.82) is 0 Å². The predicted octanol–water partition coefficient (Wildman–Crippen LogP) is 3.08. The van der Waals surface area contributed by atoms with Gasteiger partial charge in [0.1, 0.15) is 0 Å². The van der Waals surface area contributed by atoms with Crippen molar-refractivity contribution in [3.63, 3.8) is 0 Å². The summed E-state index contributed by atoms with van der Waals surface area (Å²) < 4.78 is 1.10. The van der Waals surface area contributed by atoms with Crippen LogP contribution < -0.4 is 11.3 Å². The number of nitrogens with zero attached hydrogens (tertiary/aromatic N) is 1. The number of aryl methyl sites for hydroxylation is 2. The van der Waals surface area contributed by atoms with Crippen LogP contribution in [0.5, 0.6) is 0 Å². The first-order valence-corrected chi connectivity index (χ1v) is 6.59. The van der Waals surface area contributed by atoms with Crippen LogP contribution in [0.2, 0.25) is 0 Å². The van der Waals surface area contributed by atoms with Crippen LogP contribution in [0.25, 0.3) is 10.9 Å². The van der Waals surface area contributed by atoms with Gasteiger partial charge in [-0.15, -0.1) is 0 Å². The molecule has 0 saturated carbocycles. The van der Waals surface area contributed by atoms with E-state index in [1.807, 2.05) is 0 Å². The van der Waals surface area contributed by atoms with E-state index in [9.17, 15) is 0 Å². The predicted molar refractivity (Wildman–Crippen MR) is 74.0 cm³/mol. The first-order chi connectivity index (χ1) is 8.22. The Kier molecular flexibility index (Phi) is 2.56. The maximum atomic E-state index is 5.69. The van der Waals surface area contributed by atoms with Gasteiger partial charge in [0.2, 0.25) is 0 Å². The fourth-order valence-electron chi connectivity index (χ4n) is 2.60. The molecule has 0 spiro atoms. The van der Waals surface area contributed by atoms with Crippen LogP contribution in [0, 0.1) is 6.92 Å². The lowest BCUT2D eigenvalue weighted by atomic mass is 10.0. The molecule has 0 saturated heterocycles. The van der Waals surface area contributed by atoms with Gasteiger partial charge in [0, 0.05) is 15.6 Å². The van der Waals surface area contributed by atoms with E-state index in [0.29, 0.717) is 0 Å². The lowest BCUT2D eigenvalue weighted by Crippen LogP contribution is -2.11. The highest BCUT2D eigenvalue weighted by Gasteiger charge is 2.20. The van der Waals surface area contributed by atoms with Crippen molar-refractivity contribution in [1.82, 2.24) is 4.98 Å². The van der Waals surface area contributed by atoms with Gasteiger partial charge >= 0.3 is 0 Å². The van der Waals surface area contributed by atoms with E-state index in [0.717, 1.165) is 33.9 Å². The lowest BCUT2D eigenvalue weighted by Gasteiger charge is -2.13. The Morgan fingerprint density at radius 3 is 2.94 bits per heavy atom. The van der Waals surface area contributed by atoms with Crippen molar-refractivity contribution in [3.05, 3.63) is 33.4 Å². The van der Waals surface area contributed by atoms with Crippen molar-refractivity contribution in [2.24, 2.45) is 5.84 Å². The Labute approximate surface area is 109 Å². The molecule has 0 bridgehead atoms. The van der Waals surface area contributed by atoms with Crippen molar-refractivity contribution >= 4 is 32.5 Å². The molecule has 17 heavy (non-hydrogen) atoms. The first kappa shape index (κ1) is 11.0. The topological polar surface area (TPSA) is 50.9 Å². The number of pyridine rings is 1. The van der Waals surface area contributed by atoms with E-state index in [2.05, 4.69) is 40.4 Å². The monoisotopic (exact) mass is 291 g/mol. The van der Waals surface area contributed by atoms with E-state index >= 15 is 0 Å². The van der Waals surface area contributed by atoms with Gasteiger partial charge in [0.15, 0.2) is 0 Å².